The van der Waals surface area contributed by atoms with E-state index < -0.39 is 10.0 Å². The molecule has 24 heavy (non-hydrogen) atoms. The monoisotopic (exact) mass is 365 g/mol. The van der Waals surface area contributed by atoms with Crippen LogP contribution < -0.4 is 9.46 Å². The van der Waals surface area contributed by atoms with Crippen molar-refractivity contribution >= 4 is 21.4 Å². The van der Waals surface area contributed by atoms with Gasteiger partial charge in [-0.05, 0) is 23.8 Å². The van der Waals surface area contributed by atoms with E-state index in [9.17, 15) is 8.42 Å². The average molecular weight is 365 g/mol. The molecule has 0 aliphatic carbocycles. The Kier molecular flexibility index (Phi) is 4.65. The van der Waals surface area contributed by atoms with Gasteiger partial charge in [-0.2, -0.15) is 4.98 Å². The summed E-state index contributed by atoms with van der Waals surface area (Å²) >= 11 is 1.11. The number of nitrogens with zero attached hydrogens (tertiary/aromatic N) is 2. The minimum absolute atomic E-state index is 0.195. The molecule has 0 amide bonds. The van der Waals surface area contributed by atoms with Gasteiger partial charge < -0.3 is 9.26 Å². The fourth-order valence-corrected chi connectivity index (χ4v) is 4.20. The maximum absolute atomic E-state index is 12.4. The quantitative estimate of drug-likeness (QED) is 0.721. The smallest absolute Gasteiger partial charge is 0.250 e. The minimum Gasteiger partial charge on any atom is -0.497 e. The molecule has 3 aromatic rings. The molecule has 0 bridgehead atoms. The van der Waals surface area contributed by atoms with Crippen LogP contribution in [0.25, 0.3) is 11.4 Å². The third kappa shape index (κ3) is 3.64. The van der Waals surface area contributed by atoms with Gasteiger partial charge in [-0.1, -0.05) is 17.3 Å². The summed E-state index contributed by atoms with van der Waals surface area (Å²) in [5.41, 5.74) is 1.45. The van der Waals surface area contributed by atoms with Crippen LogP contribution in [0.3, 0.4) is 0 Å². The molecule has 0 spiro atoms. The molecule has 1 N–H and O–H groups in total. The second kappa shape index (κ2) is 6.71. The average Bonchev–Trinajstić information content (AvgIpc) is 3.22. The van der Waals surface area contributed by atoms with Crippen molar-refractivity contribution in [2.45, 2.75) is 17.7 Å². The molecule has 0 aliphatic rings. The van der Waals surface area contributed by atoms with Crippen molar-refractivity contribution in [2.75, 3.05) is 7.11 Å². The second-order valence-corrected chi connectivity index (χ2v) is 7.87. The molecule has 0 unspecified atom stereocenters. The third-order valence-electron chi connectivity index (χ3n) is 3.25. The van der Waals surface area contributed by atoms with Gasteiger partial charge >= 0.3 is 0 Å². The predicted octanol–water partition coefficient (Wildman–Crippen LogP) is 2.59. The van der Waals surface area contributed by atoms with Gasteiger partial charge in [0.1, 0.15) is 9.96 Å². The van der Waals surface area contributed by atoms with Gasteiger partial charge in [0.05, 0.1) is 7.11 Å². The van der Waals surface area contributed by atoms with Crippen LogP contribution in [0, 0.1) is 6.92 Å². The van der Waals surface area contributed by atoms with E-state index in [2.05, 4.69) is 14.9 Å². The van der Waals surface area contributed by atoms with Crippen molar-refractivity contribution in [1.29, 1.82) is 0 Å². The molecule has 0 saturated heterocycles. The summed E-state index contributed by atoms with van der Waals surface area (Å²) in [6, 6.07) is 8.72. The molecule has 0 aliphatic heterocycles. The Hall–Kier alpha value is -2.23. The van der Waals surface area contributed by atoms with Crippen molar-refractivity contribution in [3.05, 3.63) is 47.2 Å². The first-order chi connectivity index (χ1) is 11.5. The summed E-state index contributed by atoms with van der Waals surface area (Å²) < 4.78 is 37.5. The van der Waals surface area contributed by atoms with Crippen LogP contribution in [0.2, 0.25) is 0 Å². The van der Waals surface area contributed by atoms with Gasteiger partial charge in [0.15, 0.2) is 0 Å². The van der Waals surface area contributed by atoms with E-state index in [1.54, 1.807) is 31.5 Å². The second-order valence-electron chi connectivity index (χ2n) is 4.96. The molecule has 1 aromatic carbocycles. The van der Waals surface area contributed by atoms with Crippen LogP contribution in [-0.4, -0.2) is 25.7 Å². The number of hydrogen-bond acceptors (Lipinski definition) is 7. The highest BCUT2D eigenvalue weighted by Gasteiger charge is 2.18. The highest BCUT2D eigenvalue weighted by Crippen LogP contribution is 2.26. The van der Waals surface area contributed by atoms with E-state index in [0.29, 0.717) is 17.3 Å². The molecular weight excluding hydrogens is 350 g/mol. The van der Waals surface area contributed by atoms with Crippen LogP contribution in [0.5, 0.6) is 5.75 Å². The van der Waals surface area contributed by atoms with Gasteiger partial charge in [-0.25, -0.2) is 13.1 Å². The molecular formula is C15H15N3O4S2. The molecule has 0 atom stereocenters. The van der Waals surface area contributed by atoms with Gasteiger partial charge in [0.2, 0.25) is 21.7 Å². The standard InChI is InChI=1S/C15H15N3O4S2/c1-10-17-15(18-22-10)12-7-14(23-9-12)24(19,20)16-8-11-3-5-13(21-2)6-4-11/h3-7,9,16H,8H2,1-2H3. The number of hydrogen-bond donors (Lipinski definition) is 1. The van der Waals surface area contributed by atoms with Crippen molar-refractivity contribution in [2.24, 2.45) is 0 Å². The van der Waals surface area contributed by atoms with Gasteiger partial charge in [-0.15, -0.1) is 11.3 Å². The van der Waals surface area contributed by atoms with Crippen molar-refractivity contribution in [1.82, 2.24) is 14.9 Å². The third-order valence-corrected chi connectivity index (χ3v) is 6.09. The van der Waals surface area contributed by atoms with Gasteiger partial charge in [0.25, 0.3) is 0 Å². The number of thiophene rings is 1. The normalized spacial score (nSPS) is 11.6. The number of sulfonamides is 1. The lowest BCUT2D eigenvalue weighted by Gasteiger charge is -2.06. The maximum Gasteiger partial charge on any atom is 0.250 e. The highest BCUT2D eigenvalue weighted by molar-refractivity contribution is 7.91. The summed E-state index contributed by atoms with van der Waals surface area (Å²) in [5, 5.41) is 5.47. The topological polar surface area (TPSA) is 94.3 Å². The van der Waals surface area contributed by atoms with Crippen molar-refractivity contribution < 1.29 is 17.7 Å². The Bertz CT molecular complexity index is 930. The van der Waals surface area contributed by atoms with Gasteiger partial charge in [0, 0.05) is 24.4 Å². The highest BCUT2D eigenvalue weighted by atomic mass is 32.2. The number of aryl methyl sites for hydroxylation is 1. The van der Waals surface area contributed by atoms with Crippen LogP contribution in [-0.2, 0) is 16.6 Å². The largest absolute Gasteiger partial charge is 0.497 e. The zero-order valence-corrected chi connectivity index (χ0v) is 14.6. The zero-order valence-electron chi connectivity index (χ0n) is 13.0. The summed E-state index contributed by atoms with van der Waals surface area (Å²) in [6.07, 6.45) is 0. The van der Waals surface area contributed by atoms with E-state index in [1.165, 1.54) is 6.07 Å². The summed E-state index contributed by atoms with van der Waals surface area (Å²) in [6.45, 7) is 1.87. The Morgan fingerprint density at radius 2 is 2.04 bits per heavy atom. The predicted molar refractivity (Wildman–Crippen MR) is 89.4 cm³/mol. The Balaban J connectivity index is 1.72. The van der Waals surface area contributed by atoms with E-state index in [4.69, 9.17) is 9.26 Å². The van der Waals surface area contributed by atoms with E-state index in [0.717, 1.165) is 22.6 Å². The zero-order chi connectivity index (χ0) is 17.2. The number of benzene rings is 1. The SMILES string of the molecule is COc1ccc(CNS(=O)(=O)c2cc(-c3noc(C)n3)cs2)cc1. The number of methoxy groups -OCH3 is 1. The Labute approximate surface area is 143 Å². The molecule has 0 saturated carbocycles. The molecule has 7 nitrogen and oxygen atoms in total. The molecule has 0 radical (unpaired) electrons. The summed E-state index contributed by atoms with van der Waals surface area (Å²) in [5.74, 6) is 1.53. The first-order valence-corrected chi connectivity index (χ1v) is 9.36. The molecule has 3 rings (SSSR count). The molecule has 9 heteroatoms. The van der Waals surface area contributed by atoms with E-state index in [1.807, 2.05) is 12.1 Å². The van der Waals surface area contributed by atoms with Gasteiger partial charge in [-0.3, -0.25) is 0 Å². The first kappa shape index (κ1) is 16.6. The Morgan fingerprint density at radius 3 is 2.67 bits per heavy atom. The van der Waals surface area contributed by atoms with Crippen LogP contribution in [0.15, 0.2) is 44.4 Å². The maximum atomic E-state index is 12.4. The number of aromatic nitrogens is 2. The lowest BCUT2D eigenvalue weighted by molar-refractivity contribution is 0.394. The number of rotatable bonds is 6. The summed E-state index contributed by atoms with van der Waals surface area (Å²) in [4.78, 5) is 4.09. The van der Waals surface area contributed by atoms with Crippen LogP contribution in [0.1, 0.15) is 11.5 Å². The van der Waals surface area contributed by atoms with Crippen LogP contribution in [0.4, 0.5) is 0 Å². The van der Waals surface area contributed by atoms with Crippen molar-refractivity contribution in [3.8, 4) is 17.1 Å². The Morgan fingerprint density at radius 1 is 1.29 bits per heavy atom. The van der Waals surface area contributed by atoms with Crippen LogP contribution >= 0.6 is 11.3 Å². The lowest BCUT2D eigenvalue weighted by Crippen LogP contribution is -2.22. The lowest BCUT2D eigenvalue weighted by atomic mass is 10.2. The first-order valence-electron chi connectivity index (χ1n) is 7.00. The van der Waals surface area contributed by atoms with E-state index in [-0.39, 0.29) is 10.8 Å². The van der Waals surface area contributed by atoms with E-state index >= 15 is 0 Å². The molecule has 0 fully saturated rings. The molecule has 2 aromatic heterocycles. The van der Waals surface area contributed by atoms with Crippen molar-refractivity contribution in [3.63, 3.8) is 0 Å². The molecule has 126 valence electrons. The minimum atomic E-state index is -3.60. The fraction of sp³-hybridized carbons (Fsp3) is 0.200. The number of ether oxygens (including phenoxy) is 1. The fourth-order valence-electron chi connectivity index (χ4n) is 1.98. The number of nitrogens with one attached hydrogen (secondary N) is 1. The molecule has 2 heterocycles. The summed E-state index contributed by atoms with van der Waals surface area (Å²) in [7, 11) is -2.02.